The van der Waals surface area contributed by atoms with Gasteiger partial charge >= 0.3 is 5.97 Å². The summed E-state index contributed by atoms with van der Waals surface area (Å²) in [6.07, 6.45) is 10.6. The molecule has 5 aliphatic rings. The van der Waals surface area contributed by atoms with Crippen LogP contribution in [0.3, 0.4) is 0 Å². The molecular formula is C48H65FN2O5. The molecule has 0 aliphatic heterocycles. The highest BCUT2D eigenvalue weighted by Gasteiger charge is 2.71. The van der Waals surface area contributed by atoms with Crippen LogP contribution in [0.1, 0.15) is 138 Å². The number of amides is 2. The van der Waals surface area contributed by atoms with Crippen LogP contribution in [0.15, 0.2) is 54.6 Å². The van der Waals surface area contributed by atoms with Gasteiger partial charge in [0.2, 0.25) is 5.91 Å². The molecule has 304 valence electrons. The summed E-state index contributed by atoms with van der Waals surface area (Å²) in [5, 5.41) is 17.3. The molecule has 56 heavy (non-hydrogen) atoms. The van der Waals surface area contributed by atoms with Crippen molar-refractivity contribution in [2.24, 2.45) is 56.7 Å². The van der Waals surface area contributed by atoms with E-state index in [1.165, 1.54) is 31.6 Å². The van der Waals surface area contributed by atoms with E-state index >= 15 is 4.39 Å². The number of methoxy groups -OCH3 is 1. The monoisotopic (exact) mass is 768 g/mol. The van der Waals surface area contributed by atoms with E-state index in [1.807, 2.05) is 12.1 Å². The largest absolute Gasteiger partial charge is 0.465 e. The topological polar surface area (TPSA) is 105 Å². The summed E-state index contributed by atoms with van der Waals surface area (Å²) in [6, 6.07) is 11.5. The van der Waals surface area contributed by atoms with E-state index in [9.17, 15) is 19.5 Å². The smallest absolute Gasteiger partial charge is 0.337 e. The van der Waals surface area contributed by atoms with Crippen molar-refractivity contribution in [2.45, 2.75) is 125 Å². The molecule has 5 fully saturated rings. The molecule has 5 aliphatic carbocycles. The quantitative estimate of drug-likeness (QED) is 0.174. The number of carbonyl (C=O) groups excluding carboxylic acids is 3. The minimum Gasteiger partial charge on any atom is -0.465 e. The van der Waals surface area contributed by atoms with E-state index in [0.29, 0.717) is 47.8 Å². The third kappa shape index (κ3) is 6.35. The predicted molar refractivity (Wildman–Crippen MR) is 217 cm³/mol. The van der Waals surface area contributed by atoms with Crippen molar-refractivity contribution in [1.29, 1.82) is 0 Å². The van der Waals surface area contributed by atoms with Crippen molar-refractivity contribution < 1.29 is 28.6 Å². The molecule has 0 heterocycles. The number of esters is 1. The minimum atomic E-state index is -0.606. The molecular weight excluding hydrogens is 704 g/mol. The molecule has 10 atom stereocenters. The Bertz CT molecular complexity index is 1870. The lowest BCUT2D eigenvalue weighted by atomic mass is 9.32. The Labute approximate surface area is 334 Å². The second kappa shape index (κ2) is 14.7. The predicted octanol–water partition coefficient (Wildman–Crippen LogP) is 9.22. The van der Waals surface area contributed by atoms with E-state index in [1.54, 1.807) is 24.3 Å². The van der Waals surface area contributed by atoms with Crippen LogP contribution >= 0.6 is 0 Å². The summed E-state index contributed by atoms with van der Waals surface area (Å²) in [5.74, 6) is 0.610. The first-order valence-corrected chi connectivity index (χ1v) is 21.3. The standard InChI is InChI=1S/C48H65FN2O5/c1-29(2)33-17-23-48(25-24-46(6)35(40(33)48)14-16-38-45(5)21-19-39(52)44(3,4)37(45)18-22-47(38,46)7)43(55)51-28-31-11-15-36(49)34(27-31)41(53)50-26-20-30-9-12-32(13-10-30)42(54)56-8/h9-13,15,27,33,35,37-40,52H,1,14,16-26,28H2,2-8H3,(H,50,53)(H,51,55)/t33-,35?,37?,38?,39-,40?,45-,46+,47+,48-/m0/s1. The molecule has 7 rings (SSSR count). The van der Waals surface area contributed by atoms with Crippen molar-refractivity contribution in [3.8, 4) is 0 Å². The third-order valence-corrected chi connectivity index (χ3v) is 17.3. The molecule has 4 unspecified atom stereocenters. The molecule has 0 radical (unpaired) electrons. The Kier molecular flexibility index (Phi) is 10.7. The van der Waals surface area contributed by atoms with Crippen LogP contribution < -0.4 is 10.6 Å². The second-order valence-electron chi connectivity index (χ2n) is 19.9. The van der Waals surface area contributed by atoms with Gasteiger partial charge in [-0.15, -0.1) is 0 Å². The lowest BCUT2D eigenvalue weighted by Crippen LogP contribution is -2.67. The molecule has 5 saturated carbocycles. The van der Waals surface area contributed by atoms with Gasteiger partial charge in [0.05, 0.1) is 29.8 Å². The first-order valence-electron chi connectivity index (χ1n) is 21.3. The highest BCUT2D eigenvalue weighted by Crippen LogP contribution is 2.77. The SMILES string of the molecule is C=C(C)[C@@H]1CC[C@]2(C(=O)NCc3ccc(F)c(C(=O)NCCc4ccc(C(=O)OC)cc4)c3)CC[C@]3(C)C(CCC4[C@@]5(C)CC[C@H](O)C(C)(C)C5CC[C@]43C)C12. The van der Waals surface area contributed by atoms with Crippen LogP contribution in [-0.4, -0.2) is 42.6 Å². The Hall–Kier alpha value is -3.52. The van der Waals surface area contributed by atoms with Gasteiger partial charge in [0.1, 0.15) is 5.82 Å². The number of aliphatic hydroxyl groups excluding tert-OH is 1. The van der Waals surface area contributed by atoms with E-state index < -0.39 is 23.1 Å². The number of hydrogen-bond donors (Lipinski definition) is 3. The Morgan fingerprint density at radius 2 is 1.55 bits per heavy atom. The highest BCUT2D eigenvalue weighted by molar-refractivity contribution is 5.94. The number of hydrogen-bond acceptors (Lipinski definition) is 5. The van der Waals surface area contributed by atoms with Crippen LogP contribution in [0, 0.1) is 62.5 Å². The van der Waals surface area contributed by atoms with Crippen LogP contribution in [0.5, 0.6) is 0 Å². The molecule has 2 aromatic rings. The van der Waals surface area contributed by atoms with Gasteiger partial charge in [0, 0.05) is 13.1 Å². The van der Waals surface area contributed by atoms with Gasteiger partial charge in [0.25, 0.3) is 5.91 Å². The van der Waals surface area contributed by atoms with E-state index in [4.69, 9.17) is 4.74 Å². The summed E-state index contributed by atoms with van der Waals surface area (Å²) in [4.78, 5) is 39.6. The molecule has 7 nitrogen and oxygen atoms in total. The van der Waals surface area contributed by atoms with E-state index in [2.05, 4.69) is 58.8 Å². The average Bonchev–Trinajstić information content (AvgIpc) is 3.57. The Morgan fingerprint density at radius 3 is 2.25 bits per heavy atom. The Morgan fingerprint density at radius 1 is 0.839 bits per heavy atom. The van der Waals surface area contributed by atoms with Gasteiger partial charge in [-0.25, -0.2) is 9.18 Å². The summed E-state index contributed by atoms with van der Waals surface area (Å²) in [6.45, 7) is 19.5. The van der Waals surface area contributed by atoms with Crippen molar-refractivity contribution in [3.63, 3.8) is 0 Å². The number of allylic oxidation sites excluding steroid dienone is 1. The Balaban J connectivity index is 1.05. The summed E-state index contributed by atoms with van der Waals surface area (Å²) in [7, 11) is 1.34. The highest BCUT2D eigenvalue weighted by atomic mass is 19.1. The summed E-state index contributed by atoms with van der Waals surface area (Å²) >= 11 is 0. The molecule has 2 amide bonds. The van der Waals surface area contributed by atoms with Crippen molar-refractivity contribution in [1.82, 2.24) is 10.6 Å². The van der Waals surface area contributed by atoms with Gasteiger partial charge in [-0.1, -0.05) is 65.0 Å². The molecule has 0 saturated heterocycles. The number of nitrogens with one attached hydrogen (secondary N) is 2. The number of halogens is 1. The second-order valence-corrected chi connectivity index (χ2v) is 19.9. The number of fused-ring (bicyclic) bond motifs is 7. The summed E-state index contributed by atoms with van der Waals surface area (Å²) < 4.78 is 19.8. The first-order chi connectivity index (χ1) is 26.4. The minimum absolute atomic E-state index is 0.0465. The van der Waals surface area contributed by atoms with Gasteiger partial charge in [-0.05, 0) is 164 Å². The molecule has 8 heteroatoms. The number of aliphatic hydroxyl groups is 1. The zero-order valence-electron chi connectivity index (χ0n) is 34.9. The fraction of sp³-hybridized carbons (Fsp3) is 0.646. The van der Waals surface area contributed by atoms with Gasteiger partial charge in [-0.2, -0.15) is 0 Å². The normalized spacial score (nSPS) is 36.9. The van der Waals surface area contributed by atoms with Gasteiger partial charge in [0.15, 0.2) is 0 Å². The van der Waals surface area contributed by atoms with E-state index in [-0.39, 0.29) is 51.7 Å². The average molecular weight is 769 g/mol. The number of benzene rings is 2. The number of ether oxygens (including phenoxy) is 1. The fourth-order valence-electron chi connectivity index (χ4n) is 14.1. The van der Waals surface area contributed by atoms with Crippen LogP contribution in [0.25, 0.3) is 0 Å². The fourth-order valence-corrected chi connectivity index (χ4v) is 14.1. The molecule has 2 aromatic carbocycles. The lowest BCUT2D eigenvalue weighted by molar-refractivity contribution is -0.246. The maximum absolute atomic E-state index is 15.0. The number of carbonyl (C=O) groups is 3. The lowest BCUT2D eigenvalue weighted by Gasteiger charge is -2.72. The third-order valence-electron chi connectivity index (χ3n) is 17.3. The van der Waals surface area contributed by atoms with Crippen molar-refractivity contribution in [2.75, 3.05) is 13.7 Å². The van der Waals surface area contributed by atoms with Crippen LogP contribution in [0.4, 0.5) is 4.39 Å². The first kappa shape index (κ1) is 40.7. The maximum Gasteiger partial charge on any atom is 0.337 e. The van der Waals surface area contributed by atoms with Crippen molar-refractivity contribution >= 4 is 17.8 Å². The molecule has 0 aromatic heterocycles. The molecule has 0 spiro atoms. The molecule has 3 N–H and O–H groups in total. The molecule has 0 bridgehead atoms. The zero-order chi connectivity index (χ0) is 40.4. The van der Waals surface area contributed by atoms with Crippen molar-refractivity contribution in [3.05, 3.63) is 82.7 Å². The zero-order valence-corrected chi connectivity index (χ0v) is 34.9. The summed E-state index contributed by atoms with van der Waals surface area (Å²) in [5.41, 5.74) is 3.09. The van der Waals surface area contributed by atoms with Gasteiger partial charge in [-0.3, -0.25) is 9.59 Å². The number of rotatable bonds is 9. The van der Waals surface area contributed by atoms with Gasteiger partial charge < -0.3 is 20.5 Å². The maximum atomic E-state index is 15.0. The van der Waals surface area contributed by atoms with E-state index in [0.717, 1.165) is 56.9 Å². The van der Waals surface area contributed by atoms with Crippen LogP contribution in [0.2, 0.25) is 0 Å². The van der Waals surface area contributed by atoms with Crippen LogP contribution in [-0.2, 0) is 22.5 Å².